The Morgan fingerprint density at radius 1 is 1.15 bits per heavy atom. The average molecular weight is 274 g/mol. The molecule has 0 spiro atoms. The summed E-state index contributed by atoms with van der Waals surface area (Å²) in [7, 11) is 0. The zero-order valence-electron chi connectivity index (χ0n) is 14.6. The number of allylic oxidation sites excluding steroid dienone is 4. The van der Waals surface area contributed by atoms with Crippen molar-refractivity contribution in [1.82, 2.24) is 0 Å². The van der Waals surface area contributed by atoms with Crippen molar-refractivity contribution in [3.63, 3.8) is 0 Å². The van der Waals surface area contributed by atoms with Gasteiger partial charge in [0.05, 0.1) is 0 Å². The van der Waals surface area contributed by atoms with E-state index in [1.807, 2.05) is 5.57 Å². The van der Waals surface area contributed by atoms with Gasteiger partial charge in [0, 0.05) is 10.8 Å². The highest BCUT2D eigenvalue weighted by Crippen LogP contribution is 2.94. The van der Waals surface area contributed by atoms with Crippen LogP contribution in [-0.4, -0.2) is 0 Å². The molecule has 114 valence electrons. The molecule has 2 aliphatic carbocycles. The van der Waals surface area contributed by atoms with E-state index < -0.39 is 0 Å². The molecule has 0 heteroatoms. The summed E-state index contributed by atoms with van der Waals surface area (Å²) in [5.74, 6) is 1.78. The third kappa shape index (κ3) is 2.11. The van der Waals surface area contributed by atoms with Crippen LogP contribution in [-0.2, 0) is 0 Å². The maximum Gasteiger partial charge on any atom is 0.00231 e. The van der Waals surface area contributed by atoms with Crippen molar-refractivity contribution in [2.24, 2.45) is 22.7 Å². The first kappa shape index (κ1) is 15.9. The molecule has 0 saturated heterocycles. The summed E-state index contributed by atoms with van der Waals surface area (Å²) in [6, 6.07) is 0. The summed E-state index contributed by atoms with van der Waals surface area (Å²) >= 11 is 0. The molecule has 3 unspecified atom stereocenters. The first-order valence-corrected chi connectivity index (χ1v) is 8.87. The molecule has 0 aliphatic heterocycles. The lowest BCUT2D eigenvalue weighted by atomic mass is 9.87. The minimum absolute atomic E-state index is 0.605. The summed E-state index contributed by atoms with van der Waals surface area (Å²) in [5, 5.41) is 0. The highest BCUT2D eigenvalue weighted by molar-refractivity contribution is 5.62. The Morgan fingerprint density at radius 3 is 2.25 bits per heavy atom. The third-order valence-corrected chi connectivity index (χ3v) is 6.50. The van der Waals surface area contributed by atoms with Crippen LogP contribution < -0.4 is 0 Å². The molecule has 2 saturated carbocycles. The van der Waals surface area contributed by atoms with E-state index in [-0.39, 0.29) is 0 Å². The predicted octanol–water partition coefficient (Wildman–Crippen LogP) is 6.53. The Morgan fingerprint density at radius 2 is 1.80 bits per heavy atom. The van der Waals surface area contributed by atoms with Crippen molar-refractivity contribution >= 4 is 0 Å². The van der Waals surface area contributed by atoms with Crippen molar-refractivity contribution in [3.8, 4) is 0 Å². The lowest BCUT2D eigenvalue weighted by molar-refractivity contribution is 0.511. The van der Waals surface area contributed by atoms with Gasteiger partial charge in [-0.3, -0.25) is 0 Å². The topological polar surface area (TPSA) is 0 Å². The Hall–Kier alpha value is -0.520. The largest absolute Gasteiger partial charge is 0.0914 e. The van der Waals surface area contributed by atoms with Gasteiger partial charge in [-0.2, -0.15) is 0 Å². The molecule has 2 fully saturated rings. The monoisotopic (exact) mass is 274 g/mol. The average Bonchev–Trinajstić information content (AvgIpc) is 3.12. The molecule has 2 rings (SSSR count). The molecule has 0 N–H and O–H groups in total. The zero-order chi connectivity index (χ0) is 15.0. The molecule has 0 bridgehead atoms. The number of hydrogen-bond donors (Lipinski definition) is 0. The van der Waals surface area contributed by atoms with Gasteiger partial charge in [0.1, 0.15) is 0 Å². The van der Waals surface area contributed by atoms with Gasteiger partial charge >= 0.3 is 0 Å². The number of fused-ring (bicyclic) bond motifs is 1. The van der Waals surface area contributed by atoms with E-state index in [0.29, 0.717) is 10.8 Å². The molecule has 0 aromatic rings. The minimum Gasteiger partial charge on any atom is -0.0914 e. The van der Waals surface area contributed by atoms with E-state index in [9.17, 15) is 0 Å². The summed E-state index contributed by atoms with van der Waals surface area (Å²) in [6.07, 6.45) is 12.6. The Labute approximate surface area is 126 Å². The van der Waals surface area contributed by atoms with Crippen LogP contribution in [0.2, 0.25) is 0 Å². The Kier molecular flexibility index (Phi) is 4.52. The predicted molar refractivity (Wildman–Crippen MR) is 89.8 cm³/mol. The second kappa shape index (κ2) is 5.70. The fourth-order valence-corrected chi connectivity index (χ4v) is 5.28. The molecule has 3 atom stereocenters. The summed E-state index contributed by atoms with van der Waals surface area (Å²) in [5.41, 5.74) is 4.86. The Bertz CT molecular complexity index is 396. The van der Waals surface area contributed by atoms with E-state index >= 15 is 0 Å². The molecule has 0 aromatic heterocycles. The summed E-state index contributed by atoms with van der Waals surface area (Å²) in [4.78, 5) is 0. The molecule has 0 heterocycles. The van der Waals surface area contributed by atoms with E-state index in [1.165, 1.54) is 38.5 Å². The molecule has 0 amide bonds. The fourth-order valence-electron chi connectivity index (χ4n) is 5.28. The Balaban J connectivity index is 1.99. The molecular formula is C20H34. The first-order chi connectivity index (χ1) is 9.52. The van der Waals surface area contributed by atoms with Gasteiger partial charge in [0.15, 0.2) is 0 Å². The third-order valence-electron chi connectivity index (χ3n) is 6.50. The number of rotatable bonds is 8. The van der Waals surface area contributed by atoms with Crippen LogP contribution in [0, 0.1) is 22.7 Å². The molecule has 20 heavy (non-hydrogen) atoms. The maximum absolute atomic E-state index is 2.52. The van der Waals surface area contributed by atoms with Crippen molar-refractivity contribution in [3.05, 3.63) is 23.3 Å². The van der Waals surface area contributed by atoms with Crippen LogP contribution in [0.3, 0.4) is 0 Å². The van der Waals surface area contributed by atoms with Crippen molar-refractivity contribution in [2.45, 2.75) is 80.1 Å². The fraction of sp³-hybridized carbons (Fsp3) is 0.800. The summed E-state index contributed by atoms with van der Waals surface area (Å²) in [6.45, 7) is 14.2. The highest BCUT2D eigenvalue weighted by atomic mass is 14.9. The van der Waals surface area contributed by atoms with E-state index in [2.05, 4.69) is 53.7 Å². The van der Waals surface area contributed by atoms with E-state index in [4.69, 9.17) is 0 Å². The van der Waals surface area contributed by atoms with Crippen LogP contribution >= 0.6 is 0 Å². The zero-order valence-corrected chi connectivity index (χ0v) is 14.6. The first-order valence-electron chi connectivity index (χ1n) is 8.87. The van der Waals surface area contributed by atoms with E-state index in [1.54, 1.807) is 5.57 Å². The van der Waals surface area contributed by atoms with Gasteiger partial charge in [-0.25, -0.2) is 0 Å². The lowest BCUT2D eigenvalue weighted by Crippen LogP contribution is -2.05. The highest BCUT2D eigenvalue weighted by Gasteiger charge is 2.88. The number of hydrogen-bond acceptors (Lipinski definition) is 0. The van der Waals surface area contributed by atoms with Gasteiger partial charge in [-0.15, -0.1) is 0 Å². The standard InChI is InChI=1S/C20H34/c1-7-11-15(12-8-2)13-14-16(9-3)18-19(5)17(10-4)20(18,19)6/h7,11,15,17H,8-10,12-14H2,1-6H3. The smallest absolute Gasteiger partial charge is 0.00231 e. The van der Waals surface area contributed by atoms with Crippen LogP contribution in [0.4, 0.5) is 0 Å². The van der Waals surface area contributed by atoms with Crippen molar-refractivity contribution in [1.29, 1.82) is 0 Å². The molecule has 2 aliphatic rings. The normalized spacial score (nSPS) is 36.1. The second-order valence-electron chi connectivity index (χ2n) is 7.31. The van der Waals surface area contributed by atoms with Gasteiger partial charge in [-0.1, -0.05) is 70.8 Å². The van der Waals surface area contributed by atoms with Gasteiger partial charge in [0.2, 0.25) is 0 Å². The van der Waals surface area contributed by atoms with Gasteiger partial charge in [0.25, 0.3) is 0 Å². The van der Waals surface area contributed by atoms with Crippen molar-refractivity contribution in [2.75, 3.05) is 0 Å². The van der Waals surface area contributed by atoms with Crippen LogP contribution in [0.25, 0.3) is 0 Å². The molecule has 0 radical (unpaired) electrons. The van der Waals surface area contributed by atoms with Crippen molar-refractivity contribution < 1.29 is 0 Å². The van der Waals surface area contributed by atoms with Crippen LogP contribution in [0.1, 0.15) is 80.1 Å². The maximum atomic E-state index is 2.52. The van der Waals surface area contributed by atoms with Crippen LogP contribution in [0.15, 0.2) is 23.3 Å². The molecular weight excluding hydrogens is 240 g/mol. The second-order valence-corrected chi connectivity index (χ2v) is 7.31. The SMILES string of the molecule is CC=CC(CCC)CCC(CC)=C1C2(C)C(CC)C12C. The molecule has 0 aromatic carbocycles. The minimum atomic E-state index is 0.605. The quantitative estimate of drug-likeness (QED) is 0.441. The molecule has 0 nitrogen and oxygen atoms in total. The lowest BCUT2D eigenvalue weighted by Gasteiger charge is -2.18. The van der Waals surface area contributed by atoms with Crippen LogP contribution in [0.5, 0.6) is 0 Å². The van der Waals surface area contributed by atoms with Gasteiger partial charge < -0.3 is 0 Å². The van der Waals surface area contributed by atoms with Gasteiger partial charge in [-0.05, 0) is 44.4 Å². The van der Waals surface area contributed by atoms with E-state index in [0.717, 1.165) is 11.8 Å². The summed E-state index contributed by atoms with van der Waals surface area (Å²) < 4.78 is 0.